The van der Waals surface area contributed by atoms with E-state index in [0.717, 1.165) is 13.0 Å². The quantitative estimate of drug-likeness (QED) is 0.764. The van der Waals surface area contributed by atoms with Crippen LogP contribution in [-0.4, -0.2) is 6.54 Å². The lowest BCUT2D eigenvalue weighted by molar-refractivity contribution is 0.960. The first-order valence-corrected chi connectivity index (χ1v) is 4.99. The Balaban J connectivity index is 2.59. The van der Waals surface area contributed by atoms with Crippen LogP contribution >= 0.6 is 0 Å². The van der Waals surface area contributed by atoms with Gasteiger partial charge in [0.25, 0.3) is 0 Å². The summed E-state index contributed by atoms with van der Waals surface area (Å²) in [6.07, 6.45) is 0.969. The number of nitrogens with two attached hydrogens (primary N) is 1. The fraction of sp³-hybridized carbons (Fsp3) is 0.231. The van der Waals surface area contributed by atoms with Crippen molar-refractivity contribution in [1.82, 2.24) is 0 Å². The summed E-state index contributed by atoms with van der Waals surface area (Å²) < 4.78 is 0. The van der Waals surface area contributed by atoms with Gasteiger partial charge < -0.3 is 5.73 Å². The van der Waals surface area contributed by atoms with Crippen LogP contribution in [0.5, 0.6) is 0 Å². The van der Waals surface area contributed by atoms with Gasteiger partial charge in [0.2, 0.25) is 0 Å². The van der Waals surface area contributed by atoms with Crippen LogP contribution in [0, 0.1) is 6.92 Å². The largest absolute Gasteiger partial charge is 0.330 e. The predicted octanol–water partition coefficient (Wildman–Crippen LogP) is 2.65. The van der Waals surface area contributed by atoms with Gasteiger partial charge >= 0.3 is 0 Å². The summed E-state index contributed by atoms with van der Waals surface area (Å²) in [4.78, 5) is 0. The molecule has 2 aromatic carbocycles. The standard InChI is InChI=1S/C13H15N/c1-10-8-12-4-2-3-5-13(12)9-11(10)6-7-14/h2-5,8-9H,6-7,14H2,1H3. The maximum Gasteiger partial charge on any atom is -0.00366 e. The summed E-state index contributed by atoms with van der Waals surface area (Å²) in [5, 5.41) is 2.62. The van der Waals surface area contributed by atoms with Crippen LogP contribution < -0.4 is 5.73 Å². The SMILES string of the molecule is Cc1cc2ccccc2cc1CCN. The highest BCUT2D eigenvalue weighted by Gasteiger charge is 1.99. The molecule has 0 aromatic heterocycles. The number of fused-ring (bicyclic) bond motifs is 1. The Morgan fingerprint density at radius 1 is 1.07 bits per heavy atom. The molecule has 0 heterocycles. The van der Waals surface area contributed by atoms with E-state index in [2.05, 4.69) is 43.3 Å². The van der Waals surface area contributed by atoms with E-state index in [9.17, 15) is 0 Å². The molecule has 0 radical (unpaired) electrons. The molecule has 0 atom stereocenters. The summed E-state index contributed by atoms with van der Waals surface area (Å²) in [5.74, 6) is 0. The van der Waals surface area contributed by atoms with E-state index >= 15 is 0 Å². The second-order valence-electron chi connectivity index (χ2n) is 3.66. The van der Waals surface area contributed by atoms with Crippen molar-refractivity contribution in [2.75, 3.05) is 6.54 Å². The van der Waals surface area contributed by atoms with E-state index in [1.165, 1.54) is 21.9 Å². The zero-order chi connectivity index (χ0) is 9.97. The zero-order valence-corrected chi connectivity index (χ0v) is 8.46. The van der Waals surface area contributed by atoms with Crippen molar-refractivity contribution in [1.29, 1.82) is 0 Å². The molecule has 0 unspecified atom stereocenters. The molecule has 2 N–H and O–H groups in total. The van der Waals surface area contributed by atoms with Gasteiger partial charge in [-0.3, -0.25) is 0 Å². The van der Waals surface area contributed by atoms with Gasteiger partial charge in [-0.25, -0.2) is 0 Å². The minimum absolute atomic E-state index is 0.721. The maximum atomic E-state index is 5.57. The van der Waals surface area contributed by atoms with E-state index in [4.69, 9.17) is 5.73 Å². The third kappa shape index (κ3) is 1.64. The fourth-order valence-electron chi connectivity index (χ4n) is 1.83. The Morgan fingerprint density at radius 2 is 1.71 bits per heavy atom. The van der Waals surface area contributed by atoms with Crippen LogP contribution in [0.15, 0.2) is 36.4 Å². The number of rotatable bonds is 2. The molecule has 0 saturated carbocycles. The Kier molecular flexibility index (Phi) is 2.51. The van der Waals surface area contributed by atoms with Gasteiger partial charge in [-0.15, -0.1) is 0 Å². The molecule has 0 aliphatic heterocycles. The Morgan fingerprint density at radius 3 is 2.36 bits per heavy atom. The van der Waals surface area contributed by atoms with E-state index in [1.807, 2.05) is 0 Å². The lowest BCUT2D eigenvalue weighted by Crippen LogP contribution is -2.03. The molecule has 0 spiro atoms. The number of aryl methyl sites for hydroxylation is 1. The fourth-order valence-corrected chi connectivity index (χ4v) is 1.83. The molecular formula is C13H15N. The predicted molar refractivity (Wildman–Crippen MR) is 61.4 cm³/mol. The van der Waals surface area contributed by atoms with E-state index in [0.29, 0.717) is 0 Å². The average Bonchev–Trinajstić information content (AvgIpc) is 2.19. The summed E-state index contributed by atoms with van der Waals surface area (Å²) in [7, 11) is 0. The number of hydrogen-bond acceptors (Lipinski definition) is 1. The molecule has 0 fully saturated rings. The minimum atomic E-state index is 0.721. The lowest BCUT2D eigenvalue weighted by Gasteiger charge is -2.06. The maximum absolute atomic E-state index is 5.57. The monoisotopic (exact) mass is 185 g/mol. The van der Waals surface area contributed by atoms with E-state index in [1.54, 1.807) is 0 Å². The van der Waals surface area contributed by atoms with Crippen molar-refractivity contribution in [3.8, 4) is 0 Å². The van der Waals surface area contributed by atoms with Crippen molar-refractivity contribution in [2.45, 2.75) is 13.3 Å². The van der Waals surface area contributed by atoms with Crippen molar-refractivity contribution < 1.29 is 0 Å². The van der Waals surface area contributed by atoms with Crippen LogP contribution in [0.4, 0.5) is 0 Å². The number of benzene rings is 2. The smallest absolute Gasteiger partial charge is 0.00366 e. The first-order chi connectivity index (χ1) is 6.81. The molecule has 2 aromatic rings. The van der Waals surface area contributed by atoms with Gasteiger partial charge in [-0.05, 0) is 41.8 Å². The molecule has 2 rings (SSSR count). The normalized spacial score (nSPS) is 10.7. The van der Waals surface area contributed by atoms with E-state index in [-0.39, 0.29) is 0 Å². The molecule has 0 saturated heterocycles. The summed E-state index contributed by atoms with van der Waals surface area (Å²) in [5.41, 5.74) is 8.28. The van der Waals surface area contributed by atoms with Crippen LogP contribution in [0.1, 0.15) is 11.1 Å². The molecule has 0 aliphatic carbocycles. The highest BCUT2D eigenvalue weighted by atomic mass is 14.5. The van der Waals surface area contributed by atoms with Crippen LogP contribution in [0.25, 0.3) is 10.8 Å². The second kappa shape index (κ2) is 3.81. The van der Waals surface area contributed by atoms with Gasteiger partial charge in [0.1, 0.15) is 0 Å². The van der Waals surface area contributed by atoms with Crippen LogP contribution in [-0.2, 0) is 6.42 Å². The van der Waals surface area contributed by atoms with Gasteiger partial charge in [-0.2, -0.15) is 0 Å². The van der Waals surface area contributed by atoms with Gasteiger partial charge in [-0.1, -0.05) is 36.4 Å². The molecule has 72 valence electrons. The second-order valence-corrected chi connectivity index (χ2v) is 3.66. The summed E-state index contributed by atoms with van der Waals surface area (Å²) >= 11 is 0. The lowest BCUT2D eigenvalue weighted by atomic mass is 10.00. The Hall–Kier alpha value is -1.34. The molecule has 0 amide bonds. The number of hydrogen-bond donors (Lipinski definition) is 1. The van der Waals surface area contributed by atoms with Gasteiger partial charge in [0, 0.05) is 0 Å². The minimum Gasteiger partial charge on any atom is -0.330 e. The van der Waals surface area contributed by atoms with E-state index < -0.39 is 0 Å². The molecule has 0 bridgehead atoms. The van der Waals surface area contributed by atoms with Gasteiger partial charge in [0.15, 0.2) is 0 Å². The molecule has 14 heavy (non-hydrogen) atoms. The molecule has 1 nitrogen and oxygen atoms in total. The van der Waals surface area contributed by atoms with Crippen molar-refractivity contribution >= 4 is 10.8 Å². The molecule has 1 heteroatoms. The first kappa shape index (κ1) is 9.22. The van der Waals surface area contributed by atoms with Crippen LogP contribution in [0.2, 0.25) is 0 Å². The highest BCUT2D eigenvalue weighted by molar-refractivity contribution is 5.84. The zero-order valence-electron chi connectivity index (χ0n) is 8.46. The molecular weight excluding hydrogens is 170 g/mol. The third-order valence-electron chi connectivity index (χ3n) is 2.62. The topological polar surface area (TPSA) is 26.0 Å². The highest BCUT2D eigenvalue weighted by Crippen LogP contribution is 2.19. The summed E-state index contributed by atoms with van der Waals surface area (Å²) in [6, 6.07) is 12.9. The summed E-state index contributed by atoms with van der Waals surface area (Å²) in [6.45, 7) is 2.87. The molecule has 0 aliphatic rings. The van der Waals surface area contributed by atoms with Crippen molar-refractivity contribution in [3.63, 3.8) is 0 Å². The average molecular weight is 185 g/mol. The third-order valence-corrected chi connectivity index (χ3v) is 2.62. The Bertz CT molecular complexity index is 446. The van der Waals surface area contributed by atoms with Crippen molar-refractivity contribution in [3.05, 3.63) is 47.5 Å². The van der Waals surface area contributed by atoms with Crippen molar-refractivity contribution in [2.24, 2.45) is 5.73 Å². The van der Waals surface area contributed by atoms with Crippen LogP contribution in [0.3, 0.4) is 0 Å². The Labute approximate surface area is 84.5 Å². The first-order valence-electron chi connectivity index (χ1n) is 4.99. The van der Waals surface area contributed by atoms with Gasteiger partial charge in [0.05, 0.1) is 0 Å².